The van der Waals surface area contributed by atoms with Gasteiger partial charge >= 0.3 is 5.97 Å². The number of carbonyl (C=O) groups excluding carboxylic acids is 1. The molecule has 0 radical (unpaired) electrons. The predicted molar refractivity (Wildman–Crippen MR) is 49.2 cm³/mol. The zero-order valence-corrected chi connectivity index (χ0v) is 8.08. The van der Waals surface area contributed by atoms with E-state index in [0.29, 0.717) is 12.3 Å². The van der Waals surface area contributed by atoms with E-state index in [4.69, 9.17) is 0 Å². The van der Waals surface area contributed by atoms with Crippen molar-refractivity contribution in [1.82, 2.24) is 5.32 Å². The van der Waals surface area contributed by atoms with Crippen molar-refractivity contribution in [2.75, 3.05) is 20.2 Å². The van der Waals surface area contributed by atoms with Crippen molar-refractivity contribution in [3.05, 3.63) is 0 Å². The molecule has 2 aliphatic rings. The van der Waals surface area contributed by atoms with Gasteiger partial charge in [-0.1, -0.05) is 0 Å². The van der Waals surface area contributed by atoms with Gasteiger partial charge in [0.1, 0.15) is 0 Å². The normalized spacial score (nSPS) is 37.5. The summed E-state index contributed by atoms with van der Waals surface area (Å²) in [6.07, 6.45) is 3.06. The maximum atomic E-state index is 11.0. The van der Waals surface area contributed by atoms with Gasteiger partial charge in [-0.3, -0.25) is 4.79 Å². The minimum Gasteiger partial charge on any atom is -0.469 e. The Morgan fingerprint density at radius 1 is 1.38 bits per heavy atom. The highest BCUT2D eigenvalue weighted by molar-refractivity contribution is 5.69. The van der Waals surface area contributed by atoms with Crippen molar-refractivity contribution in [2.45, 2.75) is 19.3 Å². The second-order valence-electron chi connectivity index (χ2n) is 4.30. The van der Waals surface area contributed by atoms with Crippen LogP contribution in [0.25, 0.3) is 0 Å². The Hall–Kier alpha value is -0.570. The maximum Gasteiger partial charge on any atom is 0.305 e. The first kappa shape index (κ1) is 9.00. The first-order valence-corrected chi connectivity index (χ1v) is 5.07. The van der Waals surface area contributed by atoms with Gasteiger partial charge in [0.05, 0.1) is 7.11 Å². The number of hydrogen-bond acceptors (Lipinski definition) is 3. The Kier molecular flexibility index (Phi) is 2.54. The zero-order chi connectivity index (χ0) is 9.26. The van der Waals surface area contributed by atoms with E-state index in [1.807, 2.05) is 0 Å². The molecule has 3 atom stereocenters. The minimum atomic E-state index is -0.0436. The van der Waals surface area contributed by atoms with Crippen molar-refractivity contribution in [3.8, 4) is 0 Å². The molecular formula is C10H17NO2. The van der Waals surface area contributed by atoms with Crippen LogP contribution in [0.1, 0.15) is 19.3 Å². The lowest BCUT2D eigenvalue weighted by Gasteiger charge is -2.08. The van der Waals surface area contributed by atoms with Crippen LogP contribution in [-0.4, -0.2) is 26.2 Å². The fourth-order valence-corrected chi connectivity index (χ4v) is 2.78. The molecule has 0 aromatic carbocycles. The van der Waals surface area contributed by atoms with E-state index in [-0.39, 0.29) is 5.97 Å². The third-order valence-corrected chi connectivity index (χ3v) is 3.43. The number of hydrogen-bond donors (Lipinski definition) is 1. The van der Waals surface area contributed by atoms with Gasteiger partial charge in [-0.25, -0.2) is 0 Å². The van der Waals surface area contributed by atoms with Crippen molar-refractivity contribution in [3.63, 3.8) is 0 Å². The first-order chi connectivity index (χ1) is 6.29. The van der Waals surface area contributed by atoms with Crippen LogP contribution < -0.4 is 5.32 Å². The van der Waals surface area contributed by atoms with E-state index < -0.39 is 0 Å². The molecule has 74 valence electrons. The molecule has 0 aromatic heterocycles. The summed E-state index contributed by atoms with van der Waals surface area (Å²) < 4.78 is 4.68. The van der Waals surface area contributed by atoms with Crippen LogP contribution in [0.2, 0.25) is 0 Å². The van der Waals surface area contributed by atoms with Gasteiger partial charge in [0.25, 0.3) is 0 Å². The average molecular weight is 183 g/mol. The van der Waals surface area contributed by atoms with Crippen molar-refractivity contribution < 1.29 is 9.53 Å². The fourth-order valence-electron chi connectivity index (χ4n) is 2.78. The Balaban J connectivity index is 1.82. The molecule has 1 saturated carbocycles. The van der Waals surface area contributed by atoms with Crippen molar-refractivity contribution >= 4 is 5.97 Å². The third kappa shape index (κ3) is 1.85. The highest BCUT2D eigenvalue weighted by atomic mass is 16.5. The van der Waals surface area contributed by atoms with Crippen molar-refractivity contribution in [2.24, 2.45) is 17.8 Å². The van der Waals surface area contributed by atoms with Crippen LogP contribution in [0.5, 0.6) is 0 Å². The van der Waals surface area contributed by atoms with Crippen LogP contribution in [0.3, 0.4) is 0 Å². The quantitative estimate of drug-likeness (QED) is 0.643. The topological polar surface area (TPSA) is 38.3 Å². The first-order valence-electron chi connectivity index (χ1n) is 5.07. The van der Waals surface area contributed by atoms with Crippen LogP contribution in [0, 0.1) is 17.8 Å². The zero-order valence-electron chi connectivity index (χ0n) is 8.08. The van der Waals surface area contributed by atoms with Gasteiger partial charge in [-0.15, -0.1) is 0 Å². The molecule has 0 aromatic rings. The molecule has 0 bridgehead atoms. The molecular weight excluding hydrogens is 166 g/mol. The summed E-state index contributed by atoms with van der Waals surface area (Å²) in [5, 5.41) is 3.40. The van der Waals surface area contributed by atoms with Gasteiger partial charge in [0.15, 0.2) is 0 Å². The predicted octanol–water partition coefficient (Wildman–Crippen LogP) is 0.795. The molecule has 1 heterocycles. The maximum absolute atomic E-state index is 11.0. The summed E-state index contributed by atoms with van der Waals surface area (Å²) >= 11 is 0. The molecule has 0 amide bonds. The molecule has 13 heavy (non-hydrogen) atoms. The van der Waals surface area contributed by atoms with Crippen LogP contribution in [0.4, 0.5) is 0 Å². The van der Waals surface area contributed by atoms with Gasteiger partial charge in [0.2, 0.25) is 0 Å². The van der Waals surface area contributed by atoms with Crippen LogP contribution in [-0.2, 0) is 9.53 Å². The highest BCUT2D eigenvalue weighted by Gasteiger charge is 2.37. The van der Waals surface area contributed by atoms with E-state index in [1.165, 1.54) is 20.0 Å². The Morgan fingerprint density at radius 3 is 2.54 bits per heavy atom. The number of rotatable bonds is 2. The van der Waals surface area contributed by atoms with E-state index in [9.17, 15) is 4.79 Å². The average Bonchev–Trinajstić information content (AvgIpc) is 2.63. The smallest absolute Gasteiger partial charge is 0.305 e. The van der Waals surface area contributed by atoms with E-state index >= 15 is 0 Å². The number of nitrogens with one attached hydrogen (secondary N) is 1. The second-order valence-corrected chi connectivity index (χ2v) is 4.30. The summed E-state index contributed by atoms with van der Waals surface area (Å²) in [7, 11) is 1.47. The van der Waals surface area contributed by atoms with E-state index in [2.05, 4.69) is 10.1 Å². The Labute approximate surface area is 78.8 Å². The monoisotopic (exact) mass is 183 g/mol. The molecule has 0 spiro atoms. The Morgan fingerprint density at radius 2 is 2.00 bits per heavy atom. The minimum absolute atomic E-state index is 0.0436. The van der Waals surface area contributed by atoms with Gasteiger partial charge in [-0.05, 0) is 43.7 Å². The summed E-state index contributed by atoms with van der Waals surface area (Å²) in [6, 6.07) is 0. The van der Waals surface area contributed by atoms with E-state index in [1.54, 1.807) is 0 Å². The van der Waals surface area contributed by atoms with E-state index in [0.717, 1.165) is 24.9 Å². The standard InChI is InChI=1S/C10H17NO2/c1-13-10(12)4-7-2-8-5-11-6-9(8)3-7/h7-9,11H,2-6H2,1H3/t7-,8-,9+. The number of carbonyl (C=O) groups is 1. The van der Waals surface area contributed by atoms with Crippen molar-refractivity contribution in [1.29, 1.82) is 0 Å². The summed E-state index contributed by atoms with van der Waals surface area (Å²) in [4.78, 5) is 11.0. The molecule has 1 aliphatic heterocycles. The summed E-state index contributed by atoms with van der Waals surface area (Å²) in [5.74, 6) is 2.20. The molecule has 0 unspecified atom stereocenters. The van der Waals surface area contributed by atoms with Gasteiger partial charge < -0.3 is 10.1 Å². The molecule has 1 N–H and O–H groups in total. The molecule has 1 saturated heterocycles. The fraction of sp³-hybridized carbons (Fsp3) is 0.900. The second kappa shape index (κ2) is 3.66. The number of ether oxygens (including phenoxy) is 1. The third-order valence-electron chi connectivity index (χ3n) is 3.43. The van der Waals surface area contributed by atoms with Gasteiger partial charge in [-0.2, -0.15) is 0 Å². The SMILES string of the molecule is COC(=O)C[C@H]1C[C@H]2CNC[C@H]2C1. The number of esters is 1. The number of methoxy groups -OCH3 is 1. The van der Waals surface area contributed by atoms with Crippen LogP contribution >= 0.6 is 0 Å². The lowest BCUT2D eigenvalue weighted by Crippen LogP contribution is -2.14. The highest BCUT2D eigenvalue weighted by Crippen LogP contribution is 2.39. The van der Waals surface area contributed by atoms with Gasteiger partial charge in [0, 0.05) is 6.42 Å². The molecule has 3 nitrogen and oxygen atoms in total. The lowest BCUT2D eigenvalue weighted by atomic mass is 10.0. The van der Waals surface area contributed by atoms with Crippen LogP contribution in [0.15, 0.2) is 0 Å². The Bertz CT molecular complexity index is 193. The lowest BCUT2D eigenvalue weighted by molar-refractivity contribution is -0.141. The summed E-state index contributed by atoms with van der Waals surface area (Å²) in [5.41, 5.74) is 0. The largest absolute Gasteiger partial charge is 0.469 e. The molecule has 2 fully saturated rings. The summed E-state index contributed by atoms with van der Waals surface area (Å²) in [6.45, 7) is 2.31. The molecule has 2 rings (SSSR count). The number of fused-ring (bicyclic) bond motifs is 1. The molecule has 3 heteroatoms. The molecule has 1 aliphatic carbocycles.